The lowest BCUT2D eigenvalue weighted by molar-refractivity contribution is 0.0320. The molecular formula is C29H34N2O. The van der Waals surface area contributed by atoms with Crippen LogP contribution >= 0.6 is 0 Å². The third-order valence-electron chi connectivity index (χ3n) is 8.14. The van der Waals surface area contributed by atoms with Crippen LogP contribution in [0.15, 0.2) is 36.4 Å². The number of fused-ring (bicyclic) bond motifs is 3. The van der Waals surface area contributed by atoms with Crippen LogP contribution in [-0.4, -0.2) is 6.61 Å². The molecule has 3 saturated carbocycles. The Labute approximate surface area is 193 Å². The molecule has 0 heterocycles. The lowest BCUT2D eigenvalue weighted by Crippen LogP contribution is -2.44. The molecule has 166 valence electrons. The van der Waals surface area contributed by atoms with E-state index in [2.05, 4.69) is 50.3 Å². The number of benzene rings is 2. The number of nitriles is 2. The van der Waals surface area contributed by atoms with Crippen LogP contribution in [0.1, 0.15) is 94.7 Å². The van der Waals surface area contributed by atoms with Gasteiger partial charge in [0.1, 0.15) is 23.5 Å². The first kappa shape index (κ1) is 22.4. The molecule has 5 rings (SSSR count). The van der Waals surface area contributed by atoms with Crippen LogP contribution in [0, 0.1) is 28.1 Å². The van der Waals surface area contributed by atoms with Crippen molar-refractivity contribution in [2.75, 3.05) is 6.61 Å². The van der Waals surface area contributed by atoms with E-state index < -0.39 is 0 Å². The van der Waals surface area contributed by atoms with E-state index in [1.54, 1.807) is 0 Å². The molecule has 3 heteroatoms. The van der Waals surface area contributed by atoms with E-state index in [0.717, 1.165) is 24.0 Å². The number of unbranched alkanes of at least 4 members (excludes halogenated alkanes) is 1. The summed E-state index contributed by atoms with van der Waals surface area (Å²) >= 11 is 0. The average Bonchev–Trinajstić information content (AvgIpc) is 2.85. The van der Waals surface area contributed by atoms with E-state index in [1.165, 1.54) is 56.9 Å². The summed E-state index contributed by atoms with van der Waals surface area (Å²) in [7, 11) is 0. The van der Waals surface area contributed by atoms with Gasteiger partial charge >= 0.3 is 0 Å². The number of ether oxygens (including phenoxy) is 1. The summed E-state index contributed by atoms with van der Waals surface area (Å²) in [6, 6.07) is 17.0. The van der Waals surface area contributed by atoms with Crippen molar-refractivity contribution in [2.45, 2.75) is 83.5 Å². The van der Waals surface area contributed by atoms with Gasteiger partial charge in [-0.05, 0) is 85.5 Å². The molecule has 3 nitrogen and oxygen atoms in total. The van der Waals surface area contributed by atoms with Gasteiger partial charge in [0.15, 0.2) is 0 Å². The van der Waals surface area contributed by atoms with Gasteiger partial charge in [-0.25, -0.2) is 0 Å². The fraction of sp³-hybridized carbons (Fsp3) is 0.517. The highest BCUT2D eigenvalue weighted by molar-refractivity contribution is 5.76. The molecule has 0 radical (unpaired) electrons. The summed E-state index contributed by atoms with van der Waals surface area (Å²) in [5, 5.41) is 19.6. The average molecular weight is 427 g/mol. The molecule has 2 bridgehead atoms. The second kappa shape index (κ2) is 9.38. The third-order valence-corrected chi connectivity index (χ3v) is 8.14. The minimum atomic E-state index is 0.334. The number of nitrogens with zero attached hydrogens (tertiary/aromatic N) is 2. The van der Waals surface area contributed by atoms with Gasteiger partial charge in [-0.15, -0.1) is 0 Å². The number of hydrogen-bond donors (Lipinski definition) is 0. The van der Waals surface area contributed by atoms with E-state index in [1.807, 2.05) is 12.1 Å². The van der Waals surface area contributed by atoms with Crippen LogP contribution in [0.25, 0.3) is 11.1 Å². The molecule has 0 spiro atoms. The normalized spacial score (nSPS) is 24.0. The van der Waals surface area contributed by atoms with Crippen LogP contribution in [-0.2, 0) is 5.41 Å². The number of rotatable bonds is 8. The Balaban J connectivity index is 1.59. The second-order valence-electron chi connectivity index (χ2n) is 9.89. The van der Waals surface area contributed by atoms with Crippen molar-refractivity contribution >= 4 is 0 Å². The zero-order valence-corrected chi connectivity index (χ0v) is 19.5. The standard InChI is InChI=1S/C29H34N2O/c1-3-5-19-32-27-11-10-24(25(20-30)26(27)21-31)22-6-8-23(9-7-22)29-16-13-28(12-4-2,14-17-29)15-18-29/h6-11H,3-5,12-19H2,1-2H3. The van der Waals surface area contributed by atoms with Gasteiger partial charge in [0, 0.05) is 5.56 Å². The largest absolute Gasteiger partial charge is 0.492 e. The van der Waals surface area contributed by atoms with Crippen LogP contribution in [0.3, 0.4) is 0 Å². The van der Waals surface area contributed by atoms with Crippen LogP contribution in [0.4, 0.5) is 0 Å². The third kappa shape index (κ3) is 4.02. The van der Waals surface area contributed by atoms with E-state index in [0.29, 0.717) is 34.3 Å². The highest BCUT2D eigenvalue weighted by Crippen LogP contribution is 2.59. The lowest BCUT2D eigenvalue weighted by atomic mass is 9.51. The first-order chi connectivity index (χ1) is 15.6. The molecule has 0 aromatic heterocycles. The first-order valence-electron chi connectivity index (χ1n) is 12.3. The summed E-state index contributed by atoms with van der Waals surface area (Å²) in [6.45, 7) is 4.98. The Hall–Kier alpha value is -2.78. The van der Waals surface area contributed by atoms with Crippen molar-refractivity contribution in [1.29, 1.82) is 10.5 Å². The van der Waals surface area contributed by atoms with Gasteiger partial charge in [-0.2, -0.15) is 10.5 Å². The van der Waals surface area contributed by atoms with Gasteiger partial charge in [0.2, 0.25) is 0 Å². The van der Waals surface area contributed by atoms with Crippen molar-refractivity contribution in [1.82, 2.24) is 0 Å². The van der Waals surface area contributed by atoms with Gasteiger partial charge in [-0.3, -0.25) is 0 Å². The minimum Gasteiger partial charge on any atom is -0.492 e. The number of hydrogen-bond acceptors (Lipinski definition) is 3. The molecular weight excluding hydrogens is 392 g/mol. The van der Waals surface area contributed by atoms with E-state index >= 15 is 0 Å². The predicted octanol–water partition coefficient (Wildman–Crippen LogP) is 7.67. The summed E-state index contributed by atoms with van der Waals surface area (Å²) in [5.41, 5.74) is 4.95. The Morgan fingerprint density at radius 2 is 1.47 bits per heavy atom. The summed E-state index contributed by atoms with van der Waals surface area (Å²) in [6.07, 6.45) is 12.7. The maximum atomic E-state index is 9.84. The molecule has 32 heavy (non-hydrogen) atoms. The highest BCUT2D eigenvalue weighted by atomic mass is 16.5. The molecule has 0 amide bonds. The molecule has 2 aromatic carbocycles. The fourth-order valence-electron chi connectivity index (χ4n) is 6.10. The molecule has 3 aliphatic carbocycles. The Bertz CT molecular complexity index is 1010. The molecule has 2 aromatic rings. The first-order valence-corrected chi connectivity index (χ1v) is 12.3. The maximum Gasteiger partial charge on any atom is 0.138 e. The fourth-order valence-corrected chi connectivity index (χ4v) is 6.10. The zero-order valence-electron chi connectivity index (χ0n) is 19.5. The molecule has 0 unspecified atom stereocenters. The van der Waals surface area contributed by atoms with Crippen LogP contribution < -0.4 is 4.74 Å². The van der Waals surface area contributed by atoms with Gasteiger partial charge < -0.3 is 4.74 Å². The van der Waals surface area contributed by atoms with Gasteiger partial charge in [0.25, 0.3) is 0 Å². The SMILES string of the molecule is CCCCOc1ccc(-c2ccc(C34CCC(CCC)(CC3)CC4)cc2)c(C#N)c1C#N. The molecule has 3 fully saturated rings. The second-order valence-corrected chi connectivity index (χ2v) is 9.89. The smallest absolute Gasteiger partial charge is 0.138 e. The maximum absolute atomic E-state index is 9.84. The van der Waals surface area contributed by atoms with Gasteiger partial charge in [0.05, 0.1) is 12.2 Å². The van der Waals surface area contributed by atoms with Crippen LogP contribution in [0.5, 0.6) is 5.75 Å². The van der Waals surface area contributed by atoms with E-state index in [9.17, 15) is 10.5 Å². The van der Waals surface area contributed by atoms with Crippen molar-refractivity contribution in [3.63, 3.8) is 0 Å². The van der Waals surface area contributed by atoms with E-state index in [4.69, 9.17) is 4.74 Å². The predicted molar refractivity (Wildman–Crippen MR) is 128 cm³/mol. The van der Waals surface area contributed by atoms with Gasteiger partial charge in [-0.1, -0.05) is 51.0 Å². The molecule has 0 N–H and O–H groups in total. The molecule has 3 aliphatic rings. The molecule has 0 aliphatic heterocycles. The molecule has 0 saturated heterocycles. The minimum absolute atomic E-state index is 0.334. The zero-order chi connectivity index (χ0) is 22.6. The van der Waals surface area contributed by atoms with Crippen LogP contribution in [0.2, 0.25) is 0 Å². The monoisotopic (exact) mass is 426 g/mol. The Morgan fingerprint density at radius 1 is 0.812 bits per heavy atom. The van der Waals surface area contributed by atoms with Crippen molar-refractivity contribution in [3.8, 4) is 29.0 Å². The van der Waals surface area contributed by atoms with Crippen molar-refractivity contribution in [2.24, 2.45) is 5.41 Å². The summed E-state index contributed by atoms with van der Waals surface area (Å²) < 4.78 is 5.78. The summed E-state index contributed by atoms with van der Waals surface area (Å²) in [4.78, 5) is 0. The van der Waals surface area contributed by atoms with E-state index in [-0.39, 0.29) is 0 Å². The van der Waals surface area contributed by atoms with Crippen molar-refractivity contribution < 1.29 is 4.74 Å². The Morgan fingerprint density at radius 3 is 2.03 bits per heavy atom. The topological polar surface area (TPSA) is 56.8 Å². The quantitative estimate of drug-likeness (QED) is 0.407. The lowest BCUT2D eigenvalue weighted by Gasteiger charge is -2.54. The van der Waals surface area contributed by atoms with Crippen molar-refractivity contribution in [3.05, 3.63) is 53.1 Å². The molecule has 0 atom stereocenters. The summed E-state index contributed by atoms with van der Waals surface area (Å²) in [5.74, 6) is 0.511. The highest BCUT2D eigenvalue weighted by Gasteiger charge is 2.48. The Kier molecular flexibility index (Phi) is 6.57.